The van der Waals surface area contributed by atoms with Crippen LogP contribution in [-0.4, -0.2) is 25.8 Å². The second-order valence-electron chi connectivity index (χ2n) is 6.42. The van der Waals surface area contributed by atoms with Crippen LogP contribution >= 0.6 is 11.8 Å². The van der Waals surface area contributed by atoms with E-state index in [2.05, 4.69) is 50.9 Å². The van der Waals surface area contributed by atoms with Crippen LogP contribution in [0.5, 0.6) is 11.5 Å². The van der Waals surface area contributed by atoms with E-state index in [9.17, 15) is 0 Å². The first kappa shape index (κ1) is 18.3. The number of rotatable bonds is 6. The van der Waals surface area contributed by atoms with Crippen LogP contribution in [0.4, 0.5) is 5.82 Å². The van der Waals surface area contributed by atoms with Gasteiger partial charge in [-0.1, -0.05) is 12.1 Å². The van der Waals surface area contributed by atoms with Crippen molar-refractivity contribution in [3.05, 3.63) is 71.7 Å². The van der Waals surface area contributed by atoms with Gasteiger partial charge in [0.05, 0.1) is 0 Å². The van der Waals surface area contributed by atoms with E-state index in [1.807, 2.05) is 38.1 Å². The van der Waals surface area contributed by atoms with Gasteiger partial charge in [-0.05, 0) is 62.1 Å². The molecule has 4 rings (SSSR count). The molecule has 0 spiro atoms. The molecule has 7 heteroatoms. The number of anilines is 1. The summed E-state index contributed by atoms with van der Waals surface area (Å²) in [6.45, 7) is 4.68. The number of benzene rings is 2. The maximum absolute atomic E-state index is 5.92. The van der Waals surface area contributed by atoms with E-state index >= 15 is 0 Å². The molecule has 4 aromatic rings. The Labute approximate surface area is 168 Å². The van der Waals surface area contributed by atoms with Gasteiger partial charge >= 0.3 is 0 Å². The van der Waals surface area contributed by atoms with Gasteiger partial charge < -0.3 is 10.1 Å². The zero-order valence-electron chi connectivity index (χ0n) is 16.0. The summed E-state index contributed by atoms with van der Waals surface area (Å²) >= 11 is 1.72. The Morgan fingerprint density at radius 2 is 1.68 bits per heavy atom. The van der Waals surface area contributed by atoms with Crippen LogP contribution in [0.1, 0.15) is 16.8 Å². The van der Waals surface area contributed by atoms with Crippen molar-refractivity contribution in [1.29, 1.82) is 0 Å². The summed E-state index contributed by atoms with van der Waals surface area (Å²) in [6.07, 6.45) is 3.58. The van der Waals surface area contributed by atoms with Gasteiger partial charge in [-0.15, -0.1) is 11.8 Å². The lowest BCUT2D eigenvalue weighted by Crippen LogP contribution is -2.09. The fourth-order valence-electron chi connectivity index (χ4n) is 2.88. The molecule has 2 heterocycles. The third-order valence-electron chi connectivity index (χ3n) is 4.59. The lowest BCUT2D eigenvalue weighted by Gasteiger charge is -2.13. The van der Waals surface area contributed by atoms with Crippen molar-refractivity contribution in [3.8, 4) is 11.5 Å². The number of hydrogen-bond acceptors (Lipinski definition) is 6. The molecule has 0 unspecified atom stereocenters. The molecule has 0 radical (unpaired) electrons. The minimum atomic E-state index is 0.599. The van der Waals surface area contributed by atoms with Crippen LogP contribution in [0.3, 0.4) is 0 Å². The summed E-state index contributed by atoms with van der Waals surface area (Å²) in [6, 6.07) is 16.2. The summed E-state index contributed by atoms with van der Waals surface area (Å²) in [5, 5.41) is 7.72. The van der Waals surface area contributed by atoms with Crippen LogP contribution < -0.4 is 10.1 Å². The maximum Gasteiger partial charge on any atom is 0.254 e. The number of aromatic nitrogens is 4. The molecule has 2 aromatic heterocycles. The second-order valence-corrected chi connectivity index (χ2v) is 7.30. The first-order valence-electron chi connectivity index (χ1n) is 8.95. The largest absolute Gasteiger partial charge is 0.457 e. The molecule has 0 aliphatic heterocycles. The van der Waals surface area contributed by atoms with Crippen LogP contribution in [0.2, 0.25) is 0 Å². The minimum Gasteiger partial charge on any atom is -0.457 e. The molecule has 0 aliphatic rings. The zero-order chi connectivity index (χ0) is 19.5. The number of hydrogen-bond donors (Lipinski definition) is 1. The molecule has 2 aromatic carbocycles. The van der Waals surface area contributed by atoms with E-state index in [0.29, 0.717) is 12.3 Å². The van der Waals surface area contributed by atoms with Gasteiger partial charge in [-0.3, -0.25) is 0 Å². The van der Waals surface area contributed by atoms with Crippen LogP contribution in [0.15, 0.2) is 59.8 Å². The van der Waals surface area contributed by atoms with Gasteiger partial charge in [0.15, 0.2) is 0 Å². The molecular weight excluding hydrogens is 370 g/mol. The van der Waals surface area contributed by atoms with E-state index < -0.39 is 0 Å². The van der Waals surface area contributed by atoms with E-state index in [1.165, 1.54) is 11.2 Å². The first-order chi connectivity index (χ1) is 13.6. The topological polar surface area (TPSA) is 64.3 Å². The Morgan fingerprint density at radius 3 is 2.36 bits per heavy atom. The number of thioether (sulfide) groups is 1. The summed E-state index contributed by atoms with van der Waals surface area (Å²) in [5.41, 5.74) is 3.15. The minimum absolute atomic E-state index is 0.599. The van der Waals surface area contributed by atoms with Crippen molar-refractivity contribution in [3.63, 3.8) is 0 Å². The predicted octanol–water partition coefficient (Wildman–Crippen LogP) is 4.87. The summed E-state index contributed by atoms with van der Waals surface area (Å²) in [7, 11) is 0. The van der Waals surface area contributed by atoms with Crippen molar-refractivity contribution >= 4 is 23.4 Å². The maximum atomic E-state index is 5.92. The number of fused-ring (bicyclic) bond motifs is 1. The average Bonchev–Trinajstić information content (AvgIpc) is 3.18. The van der Waals surface area contributed by atoms with Gasteiger partial charge in [0.25, 0.3) is 5.78 Å². The predicted molar refractivity (Wildman–Crippen MR) is 112 cm³/mol. The Morgan fingerprint density at radius 1 is 1.00 bits per heavy atom. The fraction of sp³-hybridized carbons (Fsp3) is 0.190. The highest BCUT2D eigenvalue weighted by atomic mass is 32.2. The van der Waals surface area contributed by atoms with Crippen LogP contribution in [0.25, 0.3) is 5.78 Å². The SMILES string of the molecule is CSc1ccc(Oc2ccc(CNc3c(C)c(C)nc4ncnn34)cc2)cc1. The molecule has 0 saturated carbocycles. The molecule has 0 atom stereocenters. The van der Waals surface area contributed by atoms with Gasteiger partial charge in [0.2, 0.25) is 0 Å². The summed E-state index contributed by atoms with van der Waals surface area (Å²) < 4.78 is 7.65. The quantitative estimate of drug-likeness (QED) is 0.473. The molecule has 0 bridgehead atoms. The summed E-state index contributed by atoms with van der Waals surface area (Å²) in [5.74, 6) is 3.16. The standard InChI is InChI=1S/C21H21N5OS/c1-14-15(2)25-21-23-13-24-26(21)20(14)22-12-16-4-6-17(7-5-16)27-18-8-10-19(28-3)11-9-18/h4-11,13,22H,12H2,1-3H3. The Bertz CT molecular complexity index is 1090. The molecule has 28 heavy (non-hydrogen) atoms. The van der Waals surface area contributed by atoms with Crippen molar-refractivity contribution in [2.24, 2.45) is 0 Å². The zero-order valence-corrected chi connectivity index (χ0v) is 16.8. The van der Waals surface area contributed by atoms with Crippen molar-refractivity contribution in [2.45, 2.75) is 25.3 Å². The lowest BCUT2D eigenvalue weighted by molar-refractivity contribution is 0.482. The highest BCUT2D eigenvalue weighted by Crippen LogP contribution is 2.25. The Hall–Kier alpha value is -3.06. The highest BCUT2D eigenvalue weighted by Gasteiger charge is 2.10. The lowest BCUT2D eigenvalue weighted by atomic mass is 10.2. The van der Waals surface area contributed by atoms with E-state index in [4.69, 9.17) is 4.74 Å². The van der Waals surface area contributed by atoms with Gasteiger partial charge in [0.1, 0.15) is 23.6 Å². The summed E-state index contributed by atoms with van der Waals surface area (Å²) in [4.78, 5) is 9.85. The van der Waals surface area contributed by atoms with Gasteiger partial charge in [-0.25, -0.2) is 4.98 Å². The number of ether oxygens (including phenoxy) is 1. The van der Waals surface area contributed by atoms with Gasteiger partial charge in [-0.2, -0.15) is 14.6 Å². The van der Waals surface area contributed by atoms with E-state index in [0.717, 1.165) is 34.1 Å². The molecule has 0 amide bonds. The molecule has 0 aliphatic carbocycles. The third-order valence-corrected chi connectivity index (χ3v) is 5.33. The number of nitrogens with one attached hydrogen (secondary N) is 1. The normalized spacial score (nSPS) is 11.0. The Kier molecular flexibility index (Phi) is 5.16. The number of aryl methyl sites for hydroxylation is 1. The second kappa shape index (κ2) is 7.90. The Balaban J connectivity index is 1.45. The molecule has 0 fully saturated rings. The third kappa shape index (κ3) is 3.80. The van der Waals surface area contributed by atoms with Crippen molar-refractivity contribution < 1.29 is 4.74 Å². The highest BCUT2D eigenvalue weighted by molar-refractivity contribution is 7.98. The monoisotopic (exact) mass is 391 g/mol. The van der Waals surface area contributed by atoms with E-state index in [1.54, 1.807) is 16.3 Å². The molecule has 0 saturated heterocycles. The van der Waals surface area contributed by atoms with E-state index in [-0.39, 0.29) is 0 Å². The fourth-order valence-corrected chi connectivity index (χ4v) is 3.29. The molecule has 1 N–H and O–H groups in total. The average molecular weight is 392 g/mol. The van der Waals surface area contributed by atoms with Crippen LogP contribution in [0, 0.1) is 13.8 Å². The molecule has 142 valence electrons. The van der Waals surface area contributed by atoms with Crippen molar-refractivity contribution in [1.82, 2.24) is 19.6 Å². The first-order valence-corrected chi connectivity index (χ1v) is 10.2. The molecular formula is C21H21N5OS. The van der Waals surface area contributed by atoms with Crippen molar-refractivity contribution in [2.75, 3.05) is 11.6 Å². The van der Waals surface area contributed by atoms with Gasteiger partial charge in [0, 0.05) is 22.7 Å². The van der Waals surface area contributed by atoms with Crippen LogP contribution in [-0.2, 0) is 6.54 Å². The number of nitrogens with zero attached hydrogens (tertiary/aromatic N) is 4. The molecule has 6 nitrogen and oxygen atoms in total. The smallest absolute Gasteiger partial charge is 0.254 e.